The molecule has 0 spiro atoms. The second kappa shape index (κ2) is 8.13. The van der Waals surface area contributed by atoms with E-state index in [-0.39, 0.29) is 0 Å². The minimum absolute atomic E-state index is 0.396. The summed E-state index contributed by atoms with van der Waals surface area (Å²) in [7, 11) is 0. The van der Waals surface area contributed by atoms with E-state index in [1.54, 1.807) is 0 Å². The smallest absolute Gasteiger partial charge is 0.333 e. The normalized spacial score (nSPS) is 16.1. The molecule has 0 unspecified atom stereocenters. The van der Waals surface area contributed by atoms with Crippen LogP contribution in [0.3, 0.4) is 0 Å². The Hall–Kier alpha value is -1.02. The van der Waals surface area contributed by atoms with Crippen molar-refractivity contribution in [3.63, 3.8) is 0 Å². The number of hydrogen-bond acceptors (Lipinski definition) is 7. The van der Waals surface area contributed by atoms with Gasteiger partial charge in [-0.3, -0.25) is 0 Å². The first kappa shape index (κ1) is 16.0. The van der Waals surface area contributed by atoms with Gasteiger partial charge in [-0.15, -0.1) is 0 Å². The van der Waals surface area contributed by atoms with E-state index in [0.717, 1.165) is 6.42 Å². The predicted octanol–water partition coefficient (Wildman–Crippen LogP) is -1.78. The van der Waals surface area contributed by atoms with Crippen molar-refractivity contribution in [1.82, 2.24) is 0 Å². The van der Waals surface area contributed by atoms with E-state index >= 15 is 0 Å². The summed E-state index contributed by atoms with van der Waals surface area (Å²) in [4.78, 5) is 22.6. The van der Waals surface area contributed by atoms with Crippen molar-refractivity contribution >= 4 is 11.9 Å². The monoisotopic (exact) mass is 247 g/mol. The van der Waals surface area contributed by atoms with Crippen molar-refractivity contribution in [2.24, 2.45) is 17.2 Å². The van der Waals surface area contributed by atoms with Gasteiger partial charge in [0.25, 0.3) is 0 Å². The lowest BCUT2D eigenvalue weighted by molar-refractivity contribution is -0.163. The zero-order valence-corrected chi connectivity index (χ0v) is 9.96. The van der Waals surface area contributed by atoms with Gasteiger partial charge in [-0.2, -0.15) is 0 Å². The second-order valence-corrected chi connectivity index (χ2v) is 3.90. The minimum atomic E-state index is -1.24. The molecule has 0 saturated heterocycles. The van der Waals surface area contributed by atoms with Gasteiger partial charge in [-0.05, 0) is 26.3 Å². The lowest BCUT2D eigenvalue weighted by Crippen LogP contribution is -2.44. The summed E-state index contributed by atoms with van der Waals surface area (Å²) in [5, 5.41) is 9.03. The van der Waals surface area contributed by atoms with Crippen LogP contribution in [0.25, 0.3) is 0 Å². The molecule has 0 aliphatic rings. The lowest BCUT2D eigenvalue weighted by atomic mass is 10.1. The van der Waals surface area contributed by atoms with E-state index in [0.29, 0.717) is 19.4 Å². The molecule has 100 valence electrons. The maximum atomic E-state index is 11.3. The highest BCUT2D eigenvalue weighted by atomic mass is 16.6. The molecular formula is C10H21N3O4. The molecule has 0 aromatic carbocycles. The third-order valence-corrected chi connectivity index (χ3v) is 2.27. The topological polar surface area (TPSA) is 142 Å². The highest BCUT2D eigenvalue weighted by molar-refractivity contribution is 5.90. The summed E-state index contributed by atoms with van der Waals surface area (Å²) in [6, 6.07) is -2.11. The Kier molecular flexibility index (Phi) is 7.64. The van der Waals surface area contributed by atoms with Crippen LogP contribution in [0.2, 0.25) is 0 Å². The van der Waals surface area contributed by atoms with E-state index in [9.17, 15) is 9.59 Å². The SMILES string of the molecule is C[C@H](O)[C@@H](N)C(=O)OC(=O)[C@H](N)CCCCN. The van der Waals surface area contributed by atoms with Crippen LogP contribution >= 0.6 is 0 Å². The molecule has 0 aliphatic carbocycles. The Bertz CT molecular complexity index is 258. The van der Waals surface area contributed by atoms with Crippen LogP contribution in [0, 0.1) is 0 Å². The molecule has 0 aromatic heterocycles. The van der Waals surface area contributed by atoms with Crippen LogP contribution in [0.1, 0.15) is 26.2 Å². The van der Waals surface area contributed by atoms with E-state index in [1.165, 1.54) is 6.92 Å². The number of carbonyl (C=O) groups excluding carboxylic acids is 2. The van der Waals surface area contributed by atoms with Crippen LogP contribution < -0.4 is 17.2 Å². The first-order chi connectivity index (χ1) is 7.90. The maximum Gasteiger partial charge on any atom is 0.333 e. The molecule has 3 atom stereocenters. The van der Waals surface area contributed by atoms with Gasteiger partial charge in [0.05, 0.1) is 6.10 Å². The number of ether oxygens (including phenoxy) is 1. The van der Waals surface area contributed by atoms with Crippen molar-refractivity contribution in [1.29, 1.82) is 0 Å². The maximum absolute atomic E-state index is 11.3. The minimum Gasteiger partial charge on any atom is -0.391 e. The number of carbonyl (C=O) groups is 2. The van der Waals surface area contributed by atoms with Gasteiger partial charge in [0.15, 0.2) is 0 Å². The highest BCUT2D eigenvalue weighted by Gasteiger charge is 2.25. The third-order valence-electron chi connectivity index (χ3n) is 2.27. The largest absolute Gasteiger partial charge is 0.391 e. The van der Waals surface area contributed by atoms with Gasteiger partial charge >= 0.3 is 11.9 Å². The van der Waals surface area contributed by atoms with E-state index in [1.807, 2.05) is 0 Å². The molecule has 0 aromatic rings. The molecule has 0 amide bonds. The lowest BCUT2D eigenvalue weighted by Gasteiger charge is -2.14. The van der Waals surface area contributed by atoms with Gasteiger partial charge in [0, 0.05) is 0 Å². The Morgan fingerprint density at radius 2 is 1.82 bits per heavy atom. The van der Waals surface area contributed by atoms with Crippen molar-refractivity contribution < 1.29 is 19.4 Å². The standard InChI is InChI=1S/C10H21N3O4/c1-6(14)8(13)10(16)17-9(15)7(12)4-2-3-5-11/h6-8,14H,2-5,11-13H2,1H3/t6-,7+,8+/m0/s1. The van der Waals surface area contributed by atoms with Crippen molar-refractivity contribution in [3.8, 4) is 0 Å². The van der Waals surface area contributed by atoms with Crippen molar-refractivity contribution in [3.05, 3.63) is 0 Å². The van der Waals surface area contributed by atoms with Gasteiger partial charge in [-0.1, -0.05) is 6.42 Å². The zero-order valence-electron chi connectivity index (χ0n) is 9.96. The number of unbranched alkanes of at least 4 members (excludes halogenated alkanes) is 1. The highest BCUT2D eigenvalue weighted by Crippen LogP contribution is 2.01. The number of esters is 2. The predicted molar refractivity (Wildman–Crippen MR) is 61.6 cm³/mol. The van der Waals surface area contributed by atoms with Crippen LogP contribution in [0.15, 0.2) is 0 Å². The van der Waals surface area contributed by atoms with Crippen molar-refractivity contribution in [2.45, 2.75) is 44.4 Å². The fraction of sp³-hybridized carbons (Fsp3) is 0.800. The van der Waals surface area contributed by atoms with Gasteiger partial charge in [0.2, 0.25) is 0 Å². The zero-order chi connectivity index (χ0) is 13.4. The van der Waals surface area contributed by atoms with E-state index in [4.69, 9.17) is 22.3 Å². The molecule has 0 heterocycles. The summed E-state index contributed by atoms with van der Waals surface area (Å²) in [6.07, 6.45) is 0.752. The van der Waals surface area contributed by atoms with Crippen LogP contribution in [-0.4, -0.2) is 41.8 Å². The summed E-state index contributed by atoms with van der Waals surface area (Å²) in [5.74, 6) is -1.80. The fourth-order valence-corrected chi connectivity index (χ4v) is 1.07. The van der Waals surface area contributed by atoms with Gasteiger partial charge in [0.1, 0.15) is 12.1 Å². The molecule has 0 aliphatic heterocycles. The fourth-order valence-electron chi connectivity index (χ4n) is 1.07. The van der Waals surface area contributed by atoms with Crippen LogP contribution in [-0.2, 0) is 14.3 Å². The average Bonchev–Trinajstić information content (AvgIpc) is 2.27. The Morgan fingerprint density at radius 1 is 1.24 bits per heavy atom. The van der Waals surface area contributed by atoms with E-state index in [2.05, 4.69) is 4.74 Å². The van der Waals surface area contributed by atoms with Crippen LogP contribution in [0.4, 0.5) is 0 Å². The molecule has 7 nitrogen and oxygen atoms in total. The summed E-state index contributed by atoms with van der Waals surface area (Å²) < 4.78 is 4.45. The number of rotatable bonds is 7. The molecule has 7 N–H and O–H groups in total. The van der Waals surface area contributed by atoms with Crippen molar-refractivity contribution in [2.75, 3.05) is 6.54 Å². The molecular weight excluding hydrogens is 226 g/mol. The molecule has 17 heavy (non-hydrogen) atoms. The van der Waals surface area contributed by atoms with Crippen LogP contribution in [0.5, 0.6) is 0 Å². The number of aliphatic hydroxyl groups is 1. The quantitative estimate of drug-likeness (QED) is 0.237. The molecule has 7 heteroatoms. The molecule has 0 saturated carbocycles. The van der Waals surface area contributed by atoms with Gasteiger partial charge < -0.3 is 27.0 Å². The Balaban J connectivity index is 4.03. The Labute approximate surface area is 100 Å². The molecule has 0 fully saturated rings. The average molecular weight is 247 g/mol. The molecule has 0 rings (SSSR count). The first-order valence-electron chi connectivity index (χ1n) is 5.55. The Morgan fingerprint density at radius 3 is 2.29 bits per heavy atom. The van der Waals surface area contributed by atoms with Gasteiger partial charge in [-0.25, -0.2) is 9.59 Å². The van der Waals surface area contributed by atoms with E-state index < -0.39 is 30.1 Å². The summed E-state index contributed by atoms with van der Waals surface area (Å²) in [5.41, 5.74) is 16.1. The molecule has 0 radical (unpaired) electrons. The number of hydrogen-bond donors (Lipinski definition) is 4. The summed E-state index contributed by atoms with van der Waals surface area (Å²) >= 11 is 0. The third kappa shape index (κ3) is 6.32. The second-order valence-electron chi connectivity index (χ2n) is 3.90. The summed E-state index contributed by atoms with van der Waals surface area (Å²) in [6.45, 7) is 1.85. The first-order valence-corrected chi connectivity index (χ1v) is 5.55. The number of nitrogens with two attached hydrogens (primary N) is 3. The number of aliphatic hydroxyl groups excluding tert-OH is 1. The molecule has 0 bridgehead atoms.